The van der Waals surface area contributed by atoms with Crippen LogP contribution in [-0.4, -0.2) is 17.3 Å². The molecular weight excluding hydrogens is 257 g/mol. The van der Waals surface area contributed by atoms with Gasteiger partial charge in [0.05, 0.1) is 7.11 Å². The maximum Gasteiger partial charge on any atom is 0.435 e. The second-order valence-corrected chi connectivity index (χ2v) is 4.20. The van der Waals surface area contributed by atoms with E-state index in [-0.39, 0.29) is 12.0 Å². The normalized spacial score (nSPS) is 11.6. The van der Waals surface area contributed by atoms with Crippen molar-refractivity contribution in [2.75, 3.05) is 7.11 Å². The number of ether oxygens (including phenoxy) is 1. The van der Waals surface area contributed by atoms with Gasteiger partial charge in [0.1, 0.15) is 5.75 Å². The van der Waals surface area contributed by atoms with Crippen molar-refractivity contribution in [3.63, 3.8) is 0 Å². The van der Waals surface area contributed by atoms with E-state index in [1.807, 2.05) is 0 Å². The van der Waals surface area contributed by atoms with Crippen LogP contribution < -0.4 is 4.74 Å². The summed E-state index contributed by atoms with van der Waals surface area (Å²) in [7, 11) is 1.54. The van der Waals surface area contributed by atoms with Crippen molar-refractivity contribution in [1.82, 2.24) is 10.2 Å². The molecule has 0 aliphatic heterocycles. The summed E-state index contributed by atoms with van der Waals surface area (Å²) in [6.07, 6.45) is -4.26. The first kappa shape index (κ1) is 13.5. The molecule has 6 heteroatoms. The largest absolute Gasteiger partial charge is 0.497 e. The van der Waals surface area contributed by atoms with Gasteiger partial charge in [0, 0.05) is 17.7 Å². The monoisotopic (exact) mass is 270 g/mol. The highest BCUT2D eigenvalue weighted by molar-refractivity contribution is 5.35. The Morgan fingerprint density at radius 2 is 1.84 bits per heavy atom. The number of hydrogen-bond donors (Lipinski definition) is 1. The molecule has 0 aliphatic rings. The fourth-order valence-corrected chi connectivity index (χ4v) is 1.85. The minimum absolute atomic E-state index is 0.178. The minimum atomic E-state index is -4.44. The van der Waals surface area contributed by atoms with Crippen molar-refractivity contribution >= 4 is 0 Å². The molecule has 1 aromatic heterocycles. The molecular formula is C13H13F3N2O. The molecule has 0 atom stereocenters. The number of hydrogen-bond acceptors (Lipinski definition) is 2. The number of nitrogens with one attached hydrogen (secondary N) is 1. The molecule has 1 N–H and O–H groups in total. The Kier molecular flexibility index (Phi) is 3.50. The maximum absolute atomic E-state index is 12.8. The highest BCUT2D eigenvalue weighted by Gasteiger charge is 2.37. The Morgan fingerprint density at radius 3 is 2.37 bits per heavy atom. The van der Waals surface area contributed by atoms with Gasteiger partial charge >= 0.3 is 6.18 Å². The van der Waals surface area contributed by atoms with Gasteiger partial charge < -0.3 is 4.74 Å². The molecule has 0 radical (unpaired) electrons. The first-order valence-corrected chi connectivity index (χ1v) is 5.66. The number of aryl methyl sites for hydroxylation is 1. The summed E-state index contributed by atoms with van der Waals surface area (Å²) in [5.74, 6) is 0.670. The zero-order valence-corrected chi connectivity index (χ0v) is 10.5. The lowest BCUT2D eigenvalue weighted by Crippen LogP contribution is -2.09. The zero-order chi connectivity index (χ0) is 14.0. The summed E-state index contributed by atoms with van der Waals surface area (Å²) >= 11 is 0. The molecule has 19 heavy (non-hydrogen) atoms. The summed E-state index contributed by atoms with van der Waals surface area (Å²) in [6, 6.07) is 6.92. The molecule has 1 heterocycles. The smallest absolute Gasteiger partial charge is 0.435 e. The number of aromatic amines is 1. The first-order chi connectivity index (χ1) is 8.91. The van der Waals surface area contributed by atoms with Crippen LogP contribution in [-0.2, 0) is 12.6 Å². The van der Waals surface area contributed by atoms with Crippen molar-refractivity contribution in [3.05, 3.63) is 46.8 Å². The van der Waals surface area contributed by atoms with Gasteiger partial charge in [0.25, 0.3) is 0 Å². The highest BCUT2D eigenvalue weighted by Crippen LogP contribution is 2.32. The fraction of sp³-hybridized carbons (Fsp3) is 0.308. The number of alkyl halides is 3. The van der Waals surface area contributed by atoms with E-state index < -0.39 is 11.9 Å². The summed E-state index contributed by atoms with van der Waals surface area (Å²) in [4.78, 5) is 0. The Hall–Kier alpha value is -1.98. The minimum Gasteiger partial charge on any atom is -0.497 e. The van der Waals surface area contributed by atoms with Crippen LogP contribution in [0.25, 0.3) is 0 Å². The van der Waals surface area contributed by atoms with Crippen LogP contribution in [0.3, 0.4) is 0 Å². The van der Waals surface area contributed by atoms with Crippen LogP contribution in [0.2, 0.25) is 0 Å². The number of rotatable bonds is 3. The van der Waals surface area contributed by atoms with Crippen molar-refractivity contribution in [2.24, 2.45) is 0 Å². The number of methoxy groups -OCH3 is 1. The average molecular weight is 270 g/mol. The van der Waals surface area contributed by atoms with Crippen molar-refractivity contribution in [3.8, 4) is 5.75 Å². The molecule has 2 aromatic rings. The predicted molar refractivity (Wildman–Crippen MR) is 64.1 cm³/mol. The topological polar surface area (TPSA) is 37.9 Å². The van der Waals surface area contributed by atoms with E-state index in [1.54, 1.807) is 31.2 Å². The molecule has 0 saturated heterocycles. The van der Waals surface area contributed by atoms with Crippen molar-refractivity contribution in [1.29, 1.82) is 0 Å². The molecule has 3 nitrogen and oxygen atoms in total. The fourth-order valence-electron chi connectivity index (χ4n) is 1.85. The molecule has 102 valence electrons. The van der Waals surface area contributed by atoms with E-state index in [2.05, 4.69) is 10.2 Å². The number of aromatic nitrogens is 2. The van der Waals surface area contributed by atoms with E-state index in [0.29, 0.717) is 11.4 Å². The molecule has 0 aliphatic carbocycles. The Morgan fingerprint density at radius 1 is 1.21 bits per heavy atom. The molecule has 2 rings (SSSR count). The summed E-state index contributed by atoms with van der Waals surface area (Å²) in [5.41, 5.74) is 0.539. The maximum atomic E-state index is 12.8. The molecule has 0 fully saturated rings. The third kappa shape index (κ3) is 2.89. The molecule has 0 saturated carbocycles. The van der Waals surface area contributed by atoms with Gasteiger partial charge in [-0.3, -0.25) is 5.10 Å². The summed E-state index contributed by atoms with van der Waals surface area (Å²) in [6.45, 7) is 1.58. The SMILES string of the molecule is COc1ccc(Cc2c(C(F)(F)F)n[nH]c2C)cc1. The second kappa shape index (κ2) is 4.95. The standard InChI is InChI=1S/C13H13F3N2O/c1-8-11(12(18-17-8)13(14,15)16)7-9-3-5-10(19-2)6-4-9/h3-6H,7H2,1-2H3,(H,17,18). The quantitative estimate of drug-likeness (QED) is 0.928. The van der Waals surface area contributed by atoms with Crippen molar-refractivity contribution in [2.45, 2.75) is 19.5 Å². The Balaban J connectivity index is 2.30. The average Bonchev–Trinajstić information content (AvgIpc) is 2.72. The summed E-state index contributed by atoms with van der Waals surface area (Å²) < 4.78 is 43.3. The van der Waals surface area contributed by atoms with E-state index in [9.17, 15) is 13.2 Å². The van der Waals surface area contributed by atoms with E-state index in [1.165, 1.54) is 7.11 Å². The van der Waals surface area contributed by atoms with Crippen LogP contribution >= 0.6 is 0 Å². The van der Waals surface area contributed by atoms with Crippen LogP contribution in [0.5, 0.6) is 5.75 Å². The van der Waals surface area contributed by atoms with Crippen LogP contribution in [0.4, 0.5) is 13.2 Å². The van der Waals surface area contributed by atoms with Crippen molar-refractivity contribution < 1.29 is 17.9 Å². The van der Waals surface area contributed by atoms with E-state index >= 15 is 0 Å². The van der Waals surface area contributed by atoms with Gasteiger partial charge in [-0.15, -0.1) is 0 Å². The molecule has 0 bridgehead atoms. The van der Waals surface area contributed by atoms with Gasteiger partial charge in [-0.1, -0.05) is 12.1 Å². The number of nitrogens with zero attached hydrogens (tertiary/aromatic N) is 1. The van der Waals surface area contributed by atoms with Crippen LogP contribution in [0, 0.1) is 6.92 Å². The lowest BCUT2D eigenvalue weighted by molar-refractivity contribution is -0.141. The van der Waals surface area contributed by atoms with Crippen LogP contribution in [0.1, 0.15) is 22.5 Å². The first-order valence-electron chi connectivity index (χ1n) is 5.66. The number of H-pyrrole nitrogens is 1. The third-order valence-electron chi connectivity index (χ3n) is 2.88. The second-order valence-electron chi connectivity index (χ2n) is 4.20. The third-order valence-corrected chi connectivity index (χ3v) is 2.88. The van der Waals surface area contributed by atoms with Crippen LogP contribution in [0.15, 0.2) is 24.3 Å². The lowest BCUT2D eigenvalue weighted by Gasteiger charge is -2.08. The lowest BCUT2D eigenvalue weighted by atomic mass is 10.0. The zero-order valence-electron chi connectivity index (χ0n) is 10.5. The number of halogens is 3. The van der Waals surface area contributed by atoms with Gasteiger partial charge in [0.2, 0.25) is 0 Å². The predicted octanol–water partition coefficient (Wildman–Crippen LogP) is 3.34. The Bertz CT molecular complexity index is 558. The number of benzene rings is 1. The van der Waals surface area contributed by atoms with E-state index in [4.69, 9.17) is 4.74 Å². The molecule has 0 amide bonds. The molecule has 0 spiro atoms. The van der Waals surface area contributed by atoms with Gasteiger partial charge in [-0.25, -0.2) is 0 Å². The Labute approximate surface area is 108 Å². The summed E-state index contributed by atoms with van der Waals surface area (Å²) in [5, 5.41) is 5.73. The van der Waals surface area contributed by atoms with Gasteiger partial charge in [-0.05, 0) is 24.6 Å². The molecule has 0 unspecified atom stereocenters. The highest BCUT2D eigenvalue weighted by atomic mass is 19.4. The molecule has 1 aromatic carbocycles. The van der Waals surface area contributed by atoms with Gasteiger partial charge in [0.15, 0.2) is 5.69 Å². The van der Waals surface area contributed by atoms with E-state index in [0.717, 1.165) is 5.56 Å². The van der Waals surface area contributed by atoms with Gasteiger partial charge in [-0.2, -0.15) is 18.3 Å².